The molecule has 1 aliphatic heterocycles. The molecule has 102 valence electrons. The molecule has 7 heteroatoms. The topological polar surface area (TPSA) is 50.3 Å². The largest absolute Gasteiger partial charge is 0.252 e. The van der Waals surface area contributed by atoms with E-state index in [9.17, 15) is 8.42 Å². The van der Waals surface area contributed by atoms with Gasteiger partial charge in [0.1, 0.15) is 4.21 Å². The second-order valence-corrected chi connectivity index (χ2v) is 8.54. The fourth-order valence-electron chi connectivity index (χ4n) is 2.34. The number of thiazole rings is 1. The maximum absolute atomic E-state index is 12.5. The average Bonchev–Trinajstić information content (AvgIpc) is 3.12. The van der Waals surface area contributed by atoms with Crippen molar-refractivity contribution in [3.63, 3.8) is 0 Å². The fourth-order valence-corrected chi connectivity index (χ4v) is 5.77. The van der Waals surface area contributed by atoms with Crippen molar-refractivity contribution in [2.75, 3.05) is 13.1 Å². The van der Waals surface area contributed by atoms with E-state index in [2.05, 4.69) is 4.98 Å². The zero-order valence-electron chi connectivity index (χ0n) is 10.2. The number of sulfonamides is 1. The molecular formula is C12H14N2O2S3. The predicted octanol–water partition coefficient (Wildman–Crippen LogP) is 2.77. The van der Waals surface area contributed by atoms with Crippen LogP contribution < -0.4 is 0 Å². The molecule has 0 saturated carbocycles. The summed E-state index contributed by atoms with van der Waals surface area (Å²) >= 11 is 2.89. The van der Waals surface area contributed by atoms with Crippen molar-refractivity contribution in [1.29, 1.82) is 0 Å². The Hall–Kier alpha value is -0.760. The number of piperidine rings is 1. The highest BCUT2D eigenvalue weighted by Crippen LogP contribution is 2.32. The maximum Gasteiger partial charge on any atom is 0.252 e. The van der Waals surface area contributed by atoms with Gasteiger partial charge in [-0.05, 0) is 24.3 Å². The van der Waals surface area contributed by atoms with Gasteiger partial charge in [-0.3, -0.25) is 0 Å². The van der Waals surface area contributed by atoms with Crippen molar-refractivity contribution in [2.24, 2.45) is 0 Å². The zero-order valence-corrected chi connectivity index (χ0v) is 12.7. The van der Waals surface area contributed by atoms with E-state index in [1.54, 1.807) is 39.4 Å². The van der Waals surface area contributed by atoms with Gasteiger partial charge in [0.05, 0.1) is 5.01 Å². The van der Waals surface area contributed by atoms with E-state index < -0.39 is 10.0 Å². The summed E-state index contributed by atoms with van der Waals surface area (Å²) in [5.74, 6) is 0.239. The minimum absolute atomic E-state index is 0.239. The van der Waals surface area contributed by atoms with Gasteiger partial charge in [-0.25, -0.2) is 13.4 Å². The van der Waals surface area contributed by atoms with Crippen molar-refractivity contribution in [3.05, 3.63) is 34.1 Å². The SMILES string of the molecule is O=S(=O)(c1cccs1)N1CCC[C@@H](c2nccs2)C1. The molecule has 19 heavy (non-hydrogen) atoms. The van der Waals surface area contributed by atoms with Gasteiger partial charge in [0, 0.05) is 30.6 Å². The van der Waals surface area contributed by atoms with Crippen LogP contribution in [0, 0.1) is 0 Å². The van der Waals surface area contributed by atoms with Gasteiger partial charge in [-0.2, -0.15) is 4.31 Å². The molecule has 3 rings (SSSR count). The van der Waals surface area contributed by atoms with Crippen LogP contribution in [0.3, 0.4) is 0 Å². The van der Waals surface area contributed by atoms with Crippen molar-refractivity contribution in [3.8, 4) is 0 Å². The lowest BCUT2D eigenvalue weighted by Gasteiger charge is -2.30. The van der Waals surface area contributed by atoms with Crippen molar-refractivity contribution < 1.29 is 8.42 Å². The van der Waals surface area contributed by atoms with E-state index in [0.29, 0.717) is 17.3 Å². The molecule has 2 aromatic heterocycles. The lowest BCUT2D eigenvalue weighted by atomic mass is 10.0. The van der Waals surface area contributed by atoms with Crippen LogP contribution in [0.5, 0.6) is 0 Å². The number of hydrogen-bond donors (Lipinski definition) is 0. The fraction of sp³-hybridized carbons (Fsp3) is 0.417. The van der Waals surface area contributed by atoms with Crippen LogP contribution in [0.4, 0.5) is 0 Å². The van der Waals surface area contributed by atoms with E-state index in [1.165, 1.54) is 11.3 Å². The Morgan fingerprint density at radius 1 is 1.32 bits per heavy atom. The summed E-state index contributed by atoms with van der Waals surface area (Å²) in [6, 6.07) is 3.45. The third-order valence-corrected chi connectivity index (χ3v) is 7.45. The first-order valence-electron chi connectivity index (χ1n) is 6.11. The maximum atomic E-state index is 12.5. The molecule has 1 saturated heterocycles. The van der Waals surface area contributed by atoms with E-state index >= 15 is 0 Å². The van der Waals surface area contributed by atoms with Gasteiger partial charge in [0.2, 0.25) is 0 Å². The number of aromatic nitrogens is 1. The minimum atomic E-state index is -3.31. The first-order chi connectivity index (χ1) is 9.18. The van der Waals surface area contributed by atoms with E-state index in [1.807, 2.05) is 5.38 Å². The molecule has 0 radical (unpaired) electrons. The molecule has 0 aliphatic carbocycles. The molecule has 0 amide bonds. The molecule has 0 aromatic carbocycles. The first kappa shape index (κ1) is 13.2. The molecular weight excluding hydrogens is 300 g/mol. The van der Waals surface area contributed by atoms with Crippen LogP contribution in [0.2, 0.25) is 0 Å². The monoisotopic (exact) mass is 314 g/mol. The molecule has 0 bridgehead atoms. The highest BCUT2D eigenvalue weighted by Gasteiger charge is 2.32. The van der Waals surface area contributed by atoms with Gasteiger partial charge >= 0.3 is 0 Å². The highest BCUT2D eigenvalue weighted by molar-refractivity contribution is 7.91. The van der Waals surface area contributed by atoms with Gasteiger partial charge in [-0.15, -0.1) is 22.7 Å². The molecule has 2 aromatic rings. The number of hydrogen-bond acceptors (Lipinski definition) is 5. The average molecular weight is 314 g/mol. The highest BCUT2D eigenvalue weighted by atomic mass is 32.2. The number of rotatable bonds is 3. The quantitative estimate of drug-likeness (QED) is 0.875. The van der Waals surface area contributed by atoms with E-state index in [4.69, 9.17) is 0 Å². The van der Waals surface area contributed by atoms with Gasteiger partial charge in [-0.1, -0.05) is 6.07 Å². The number of nitrogens with zero attached hydrogens (tertiary/aromatic N) is 2. The summed E-state index contributed by atoms with van der Waals surface area (Å²) in [4.78, 5) is 4.32. The summed E-state index contributed by atoms with van der Waals surface area (Å²) in [6.45, 7) is 1.16. The third kappa shape index (κ3) is 2.60. The van der Waals surface area contributed by atoms with Crippen molar-refractivity contribution in [1.82, 2.24) is 9.29 Å². The van der Waals surface area contributed by atoms with Gasteiger partial charge < -0.3 is 0 Å². The smallest absolute Gasteiger partial charge is 0.249 e. The van der Waals surface area contributed by atoms with Gasteiger partial charge in [0.25, 0.3) is 10.0 Å². The lowest BCUT2D eigenvalue weighted by Crippen LogP contribution is -2.38. The van der Waals surface area contributed by atoms with Crippen LogP contribution in [-0.2, 0) is 10.0 Å². The minimum Gasteiger partial charge on any atom is -0.249 e. The molecule has 1 atom stereocenters. The molecule has 1 fully saturated rings. The standard InChI is InChI=1S/C12H14N2O2S3/c15-19(16,11-4-2-7-17-11)14-6-1-3-10(9-14)12-13-5-8-18-12/h2,4-5,7-8,10H,1,3,6,9H2/t10-/m1/s1. The molecule has 0 spiro atoms. The second-order valence-electron chi connectivity index (χ2n) is 4.50. The Morgan fingerprint density at radius 3 is 2.89 bits per heavy atom. The summed E-state index contributed by atoms with van der Waals surface area (Å²) in [7, 11) is -3.31. The van der Waals surface area contributed by atoms with Crippen LogP contribution >= 0.6 is 22.7 Å². The Bertz CT molecular complexity index is 620. The molecule has 0 unspecified atom stereocenters. The Balaban J connectivity index is 1.82. The van der Waals surface area contributed by atoms with Crippen LogP contribution in [-0.4, -0.2) is 30.8 Å². The summed E-state index contributed by atoms with van der Waals surface area (Å²) in [5, 5.41) is 4.79. The Labute approximate surface area is 120 Å². The Morgan fingerprint density at radius 2 is 2.21 bits per heavy atom. The molecule has 1 aliphatic rings. The van der Waals surface area contributed by atoms with Crippen LogP contribution in [0.25, 0.3) is 0 Å². The zero-order chi connectivity index (χ0) is 13.3. The number of thiophene rings is 1. The van der Waals surface area contributed by atoms with Crippen molar-refractivity contribution >= 4 is 32.7 Å². The molecule has 4 nitrogen and oxygen atoms in total. The van der Waals surface area contributed by atoms with E-state index in [-0.39, 0.29) is 5.92 Å². The van der Waals surface area contributed by atoms with Crippen molar-refractivity contribution in [2.45, 2.75) is 23.0 Å². The summed E-state index contributed by atoms with van der Waals surface area (Å²) in [5.41, 5.74) is 0. The van der Waals surface area contributed by atoms with E-state index in [0.717, 1.165) is 17.8 Å². The first-order valence-corrected chi connectivity index (χ1v) is 9.31. The summed E-state index contributed by atoms with van der Waals surface area (Å²) in [6.07, 6.45) is 3.70. The van der Waals surface area contributed by atoms with Crippen LogP contribution in [0.1, 0.15) is 23.8 Å². The van der Waals surface area contributed by atoms with Gasteiger partial charge in [0.15, 0.2) is 0 Å². The summed E-state index contributed by atoms with van der Waals surface area (Å²) < 4.78 is 27.0. The second kappa shape index (κ2) is 5.32. The lowest BCUT2D eigenvalue weighted by molar-refractivity contribution is 0.316. The Kier molecular flexibility index (Phi) is 3.70. The molecule has 0 N–H and O–H groups in total. The van der Waals surface area contributed by atoms with Crippen LogP contribution in [0.15, 0.2) is 33.3 Å². The third-order valence-electron chi connectivity index (χ3n) is 3.27. The molecule has 3 heterocycles. The normalized spacial score (nSPS) is 21.6. The predicted molar refractivity (Wildman–Crippen MR) is 77.2 cm³/mol.